The lowest BCUT2D eigenvalue weighted by atomic mass is 10.0. The van der Waals surface area contributed by atoms with Gasteiger partial charge in [0.1, 0.15) is 6.04 Å². The van der Waals surface area contributed by atoms with Crippen molar-refractivity contribution in [3.05, 3.63) is 0 Å². The van der Waals surface area contributed by atoms with Gasteiger partial charge >= 0.3 is 0 Å². The van der Waals surface area contributed by atoms with Crippen LogP contribution in [0.15, 0.2) is 0 Å². The van der Waals surface area contributed by atoms with Gasteiger partial charge < -0.3 is 15.7 Å². The van der Waals surface area contributed by atoms with E-state index in [-0.39, 0.29) is 24.3 Å². The van der Waals surface area contributed by atoms with Crippen LogP contribution >= 0.6 is 0 Å². The zero-order chi connectivity index (χ0) is 13.6. The Morgan fingerprint density at radius 3 is 2.24 bits per heavy atom. The minimum Gasteiger partial charge on any atom is -0.388 e. The average molecular weight is 244 g/mol. The molecule has 0 rings (SSSR count). The fourth-order valence-corrected chi connectivity index (χ4v) is 1.27. The monoisotopic (exact) mass is 244 g/mol. The standard InChI is InChI=1S/C12H24N2O3/c1-6-12(5,17)7-13-11(16)10(8(2)3)14-9(4)15/h8,10,17H,6-7H2,1-5H3,(H,13,16)(H,14,15). The number of aliphatic hydroxyl groups is 1. The van der Waals surface area contributed by atoms with Gasteiger partial charge in [-0.2, -0.15) is 0 Å². The zero-order valence-corrected chi connectivity index (χ0v) is 11.3. The number of nitrogens with one attached hydrogen (secondary N) is 2. The summed E-state index contributed by atoms with van der Waals surface area (Å²) in [7, 11) is 0. The zero-order valence-electron chi connectivity index (χ0n) is 11.3. The van der Waals surface area contributed by atoms with Crippen LogP contribution in [-0.4, -0.2) is 35.1 Å². The first kappa shape index (κ1) is 15.9. The molecular weight excluding hydrogens is 220 g/mol. The molecule has 17 heavy (non-hydrogen) atoms. The van der Waals surface area contributed by atoms with Crippen LogP contribution < -0.4 is 10.6 Å². The summed E-state index contributed by atoms with van der Waals surface area (Å²) in [6, 6.07) is -0.555. The van der Waals surface area contributed by atoms with Crippen molar-refractivity contribution in [3.8, 4) is 0 Å². The van der Waals surface area contributed by atoms with Crippen molar-refractivity contribution in [2.45, 2.75) is 52.7 Å². The molecular formula is C12H24N2O3. The third-order valence-electron chi connectivity index (χ3n) is 2.71. The summed E-state index contributed by atoms with van der Waals surface area (Å²) < 4.78 is 0. The molecule has 100 valence electrons. The van der Waals surface area contributed by atoms with E-state index in [4.69, 9.17) is 0 Å². The second kappa shape index (κ2) is 6.59. The van der Waals surface area contributed by atoms with Crippen LogP contribution in [0.1, 0.15) is 41.0 Å². The van der Waals surface area contributed by atoms with Gasteiger partial charge in [-0.3, -0.25) is 9.59 Å². The van der Waals surface area contributed by atoms with Crippen LogP contribution in [0.3, 0.4) is 0 Å². The van der Waals surface area contributed by atoms with E-state index in [9.17, 15) is 14.7 Å². The van der Waals surface area contributed by atoms with E-state index in [1.807, 2.05) is 20.8 Å². The second-order valence-corrected chi connectivity index (χ2v) is 4.99. The van der Waals surface area contributed by atoms with E-state index < -0.39 is 11.6 Å². The van der Waals surface area contributed by atoms with Gasteiger partial charge in [0.2, 0.25) is 11.8 Å². The molecule has 0 fully saturated rings. The van der Waals surface area contributed by atoms with Gasteiger partial charge in [0.25, 0.3) is 0 Å². The molecule has 0 heterocycles. The molecule has 0 aliphatic rings. The SMILES string of the molecule is CCC(C)(O)CNC(=O)C(NC(C)=O)C(C)C. The quantitative estimate of drug-likeness (QED) is 0.634. The predicted octanol–water partition coefficient (Wildman–Crippen LogP) is 0.424. The Labute approximate surface area is 103 Å². The van der Waals surface area contributed by atoms with Crippen LogP contribution in [0, 0.1) is 5.92 Å². The largest absolute Gasteiger partial charge is 0.388 e. The predicted molar refractivity (Wildman–Crippen MR) is 66.4 cm³/mol. The molecule has 0 aromatic rings. The maximum absolute atomic E-state index is 11.8. The molecule has 2 unspecified atom stereocenters. The average Bonchev–Trinajstić information content (AvgIpc) is 2.22. The van der Waals surface area contributed by atoms with Gasteiger partial charge in [0.05, 0.1) is 5.60 Å². The number of amides is 2. The third-order valence-corrected chi connectivity index (χ3v) is 2.71. The van der Waals surface area contributed by atoms with Gasteiger partial charge in [0.15, 0.2) is 0 Å². The molecule has 0 saturated carbocycles. The molecule has 3 N–H and O–H groups in total. The molecule has 0 aliphatic heterocycles. The summed E-state index contributed by atoms with van der Waals surface area (Å²) in [6.07, 6.45) is 0.555. The maximum Gasteiger partial charge on any atom is 0.242 e. The van der Waals surface area contributed by atoms with Gasteiger partial charge in [-0.1, -0.05) is 20.8 Å². The van der Waals surface area contributed by atoms with E-state index in [0.29, 0.717) is 6.42 Å². The number of carbonyl (C=O) groups is 2. The molecule has 0 spiro atoms. The van der Waals surface area contributed by atoms with Crippen LogP contribution in [0.25, 0.3) is 0 Å². The minimum atomic E-state index is -0.909. The maximum atomic E-state index is 11.8. The van der Waals surface area contributed by atoms with Crippen molar-refractivity contribution in [2.75, 3.05) is 6.54 Å². The van der Waals surface area contributed by atoms with Crippen molar-refractivity contribution in [1.29, 1.82) is 0 Å². The molecule has 0 radical (unpaired) electrons. The third kappa shape index (κ3) is 6.26. The van der Waals surface area contributed by atoms with E-state index in [1.165, 1.54) is 6.92 Å². The summed E-state index contributed by atoms with van der Waals surface area (Å²) >= 11 is 0. The van der Waals surface area contributed by atoms with Crippen molar-refractivity contribution < 1.29 is 14.7 Å². The number of rotatable bonds is 6. The van der Waals surface area contributed by atoms with E-state index in [0.717, 1.165) is 0 Å². The van der Waals surface area contributed by atoms with Crippen molar-refractivity contribution >= 4 is 11.8 Å². The summed E-state index contributed by atoms with van der Waals surface area (Å²) in [5, 5.41) is 15.0. The van der Waals surface area contributed by atoms with E-state index in [1.54, 1.807) is 6.92 Å². The Morgan fingerprint density at radius 1 is 1.35 bits per heavy atom. The second-order valence-electron chi connectivity index (χ2n) is 4.99. The van der Waals surface area contributed by atoms with Gasteiger partial charge in [-0.25, -0.2) is 0 Å². The Morgan fingerprint density at radius 2 is 1.88 bits per heavy atom. The lowest BCUT2D eigenvalue weighted by molar-refractivity contribution is -0.129. The summed E-state index contributed by atoms with van der Waals surface area (Å²) in [6.45, 7) is 8.79. The van der Waals surface area contributed by atoms with Crippen LogP contribution in [0.2, 0.25) is 0 Å². The topological polar surface area (TPSA) is 78.4 Å². The molecule has 0 aromatic carbocycles. The van der Waals surface area contributed by atoms with Crippen molar-refractivity contribution in [2.24, 2.45) is 5.92 Å². The van der Waals surface area contributed by atoms with Crippen LogP contribution in [0.4, 0.5) is 0 Å². The van der Waals surface area contributed by atoms with Gasteiger partial charge in [-0.05, 0) is 19.3 Å². The van der Waals surface area contributed by atoms with Crippen LogP contribution in [0.5, 0.6) is 0 Å². The van der Waals surface area contributed by atoms with Crippen LogP contribution in [-0.2, 0) is 9.59 Å². The van der Waals surface area contributed by atoms with Gasteiger partial charge in [-0.15, -0.1) is 0 Å². The smallest absolute Gasteiger partial charge is 0.242 e. The Kier molecular flexibility index (Phi) is 6.16. The summed E-state index contributed by atoms with van der Waals surface area (Å²) in [5.74, 6) is -0.490. The first-order valence-corrected chi connectivity index (χ1v) is 5.97. The summed E-state index contributed by atoms with van der Waals surface area (Å²) in [4.78, 5) is 22.8. The fraction of sp³-hybridized carbons (Fsp3) is 0.833. The highest BCUT2D eigenvalue weighted by Gasteiger charge is 2.25. The lowest BCUT2D eigenvalue weighted by Crippen LogP contribution is -2.52. The minimum absolute atomic E-state index is 0.00507. The lowest BCUT2D eigenvalue weighted by Gasteiger charge is -2.25. The normalized spacial score (nSPS) is 16.2. The highest BCUT2D eigenvalue weighted by Crippen LogP contribution is 2.07. The fourth-order valence-electron chi connectivity index (χ4n) is 1.27. The number of hydrogen-bond donors (Lipinski definition) is 3. The molecule has 5 heteroatoms. The number of carbonyl (C=O) groups excluding carboxylic acids is 2. The molecule has 0 aliphatic carbocycles. The van der Waals surface area contributed by atoms with Crippen molar-refractivity contribution in [1.82, 2.24) is 10.6 Å². The first-order chi connectivity index (χ1) is 7.69. The Hall–Kier alpha value is -1.10. The molecule has 0 bridgehead atoms. The molecule has 0 aromatic heterocycles. The van der Waals surface area contributed by atoms with Gasteiger partial charge in [0, 0.05) is 13.5 Å². The van der Waals surface area contributed by atoms with E-state index in [2.05, 4.69) is 10.6 Å². The first-order valence-electron chi connectivity index (χ1n) is 5.97. The highest BCUT2D eigenvalue weighted by atomic mass is 16.3. The molecule has 2 amide bonds. The van der Waals surface area contributed by atoms with Crippen molar-refractivity contribution in [3.63, 3.8) is 0 Å². The number of hydrogen-bond acceptors (Lipinski definition) is 3. The Bertz CT molecular complexity index is 275. The molecule has 0 saturated heterocycles. The highest BCUT2D eigenvalue weighted by molar-refractivity contribution is 5.87. The summed E-state index contributed by atoms with van der Waals surface area (Å²) in [5.41, 5.74) is -0.909. The molecule has 2 atom stereocenters. The van der Waals surface area contributed by atoms with E-state index >= 15 is 0 Å². The Balaban J connectivity index is 4.39. The molecule has 5 nitrogen and oxygen atoms in total.